The van der Waals surface area contributed by atoms with Crippen molar-refractivity contribution in [3.05, 3.63) is 71.0 Å². The molecule has 2 aromatic rings. The average molecular weight is 244 g/mol. The third-order valence-corrected chi connectivity index (χ3v) is 3.14. The molecular formula is C16H17FO. The maximum absolute atomic E-state index is 13.1. The number of halogens is 1. The molecule has 0 spiro atoms. The quantitative estimate of drug-likeness (QED) is 0.873. The Bertz CT molecular complexity index is 505. The van der Waals surface area contributed by atoms with Gasteiger partial charge >= 0.3 is 0 Å². The maximum atomic E-state index is 13.1. The molecule has 0 aromatic heterocycles. The number of hydrogen-bond acceptors (Lipinski definition) is 1. The summed E-state index contributed by atoms with van der Waals surface area (Å²) in [7, 11) is 0. The van der Waals surface area contributed by atoms with Crippen LogP contribution in [0.15, 0.2) is 48.5 Å². The van der Waals surface area contributed by atoms with Crippen molar-refractivity contribution in [3.63, 3.8) is 0 Å². The summed E-state index contributed by atoms with van der Waals surface area (Å²) in [5, 5.41) is 9.49. The Balaban J connectivity index is 2.17. The van der Waals surface area contributed by atoms with Crippen LogP contribution in [0, 0.1) is 12.7 Å². The van der Waals surface area contributed by atoms with Crippen molar-refractivity contribution in [2.45, 2.75) is 19.3 Å². The smallest absolute Gasteiger partial charge is 0.123 e. The van der Waals surface area contributed by atoms with Crippen LogP contribution in [0.3, 0.4) is 0 Å². The molecule has 0 aliphatic heterocycles. The summed E-state index contributed by atoms with van der Waals surface area (Å²) in [6, 6.07) is 14.7. The first-order valence-corrected chi connectivity index (χ1v) is 6.11. The van der Waals surface area contributed by atoms with Crippen molar-refractivity contribution >= 4 is 0 Å². The van der Waals surface area contributed by atoms with Crippen molar-refractivity contribution in [2.75, 3.05) is 6.61 Å². The summed E-state index contributed by atoms with van der Waals surface area (Å²) in [4.78, 5) is 0. The molecule has 1 atom stereocenters. The minimum Gasteiger partial charge on any atom is -0.396 e. The first-order chi connectivity index (χ1) is 8.69. The molecule has 1 N–H and O–H groups in total. The summed E-state index contributed by atoms with van der Waals surface area (Å²) in [5.74, 6) is -0.208. The van der Waals surface area contributed by atoms with Crippen molar-refractivity contribution in [3.8, 4) is 0 Å². The molecule has 1 nitrogen and oxygen atoms in total. The molecule has 0 aliphatic rings. The van der Waals surface area contributed by atoms with E-state index < -0.39 is 0 Å². The molecule has 0 amide bonds. The zero-order valence-electron chi connectivity index (χ0n) is 10.4. The third kappa shape index (κ3) is 3.17. The highest BCUT2D eigenvalue weighted by Crippen LogP contribution is 2.21. The van der Waals surface area contributed by atoms with E-state index in [1.807, 2.05) is 37.3 Å². The maximum Gasteiger partial charge on any atom is 0.123 e. The van der Waals surface area contributed by atoms with E-state index in [0.717, 1.165) is 11.1 Å². The fraction of sp³-hybridized carbons (Fsp3) is 0.250. The Morgan fingerprint density at radius 3 is 2.44 bits per heavy atom. The molecule has 94 valence electrons. The zero-order valence-corrected chi connectivity index (χ0v) is 10.4. The third-order valence-electron chi connectivity index (χ3n) is 3.14. The zero-order chi connectivity index (χ0) is 13.0. The standard InChI is InChI=1S/C16H17FO/c1-12-5-7-14(8-6-12)15(11-18)9-13-3-2-4-16(17)10-13/h2-8,10,15,18H,9,11H2,1H3. The van der Waals surface area contributed by atoms with Gasteiger partial charge in [0, 0.05) is 5.92 Å². The van der Waals surface area contributed by atoms with Gasteiger partial charge in [-0.15, -0.1) is 0 Å². The minimum atomic E-state index is -0.229. The highest BCUT2D eigenvalue weighted by Gasteiger charge is 2.11. The van der Waals surface area contributed by atoms with Gasteiger partial charge in [-0.3, -0.25) is 0 Å². The van der Waals surface area contributed by atoms with Crippen molar-refractivity contribution in [1.82, 2.24) is 0 Å². The van der Waals surface area contributed by atoms with Gasteiger partial charge in [-0.1, -0.05) is 42.0 Å². The van der Waals surface area contributed by atoms with E-state index in [-0.39, 0.29) is 18.3 Å². The van der Waals surface area contributed by atoms with E-state index in [4.69, 9.17) is 0 Å². The lowest BCUT2D eigenvalue weighted by Gasteiger charge is -2.15. The monoisotopic (exact) mass is 244 g/mol. The topological polar surface area (TPSA) is 20.2 Å². The van der Waals surface area contributed by atoms with Crippen LogP contribution in [-0.4, -0.2) is 11.7 Å². The molecule has 0 saturated heterocycles. The van der Waals surface area contributed by atoms with Gasteiger partial charge in [-0.05, 0) is 36.6 Å². The van der Waals surface area contributed by atoms with Gasteiger partial charge in [0.25, 0.3) is 0 Å². The van der Waals surface area contributed by atoms with E-state index in [1.54, 1.807) is 6.07 Å². The Hall–Kier alpha value is -1.67. The van der Waals surface area contributed by atoms with Crippen LogP contribution in [-0.2, 0) is 6.42 Å². The van der Waals surface area contributed by atoms with Crippen LogP contribution in [0.4, 0.5) is 4.39 Å². The Morgan fingerprint density at radius 1 is 1.11 bits per heavy atom. The number of rotatable bonds is 4. The van der Waals surface area contributed by atoms with E-state index in [2.05, 4.69) is 0 Å². The predicted octanol–water partition coefficient (Wildman–Crippen LogP) is 3.45. The second kappa shape index (κ2) is 5.78. The molecule has 2 rings (SSSR count). The molecular weight excluding hydrogens is 227 g/mol. The number of hydrogen-bond donors (Lipinski definition) is 1. The summed E-state index contributed by atoms with van der Waals surface area (Å²) in [6.45, 7) is 2.10. The highest BCUT2D eigenvalue weighted by molar-refractivity contribution is 5.27. The molecule has 0 heterocycles. The molecule has 18 heavy (non-hydrogen) atoms. The number of aryl methyl sites for hydroxylation is 1. The van der Waals surface area contributed by atoms with E-state index in [1.165, 1.54) is 17.7 Å². The van der Waals surface area contributed by atoms with Gasteiger partial charge in [-0.25, -0.2) is 4.39 Å². The number of aliphatic hydroxyl groups excluding tert-OH is 1. The summed E-state index contributed by atoms with van der Waals surface area (Å²) in [5.41, 5.74) is 3.20. The van der Waals surface area contributed by atoms with Gasteiger partial charge in [0.15, 0.2) is 0 Å². The predicted molar refractivity (Wildman–Crippen MR) is 71.1 cm³/mol. The van der Waals surface area contributed by atoms with E-state index in [9.17, 15) is 9.50 Å². The second-order valence-corrected chi connectivity index (χ2v) is 4.62. The largest absolute Gasteiger partial charge is 0.396 e. The van der Waals surface area contributed by atoms with Gasteiger partial charge < -0.3 is 5.11 Å². The molecule has 0 saturated carbocycles. The first kappa shape index (κ1) is 12.8. The van der Waals surface area contributed by atoms with Crippen LogP contribution < -0.4 is 0 Å². The van der Waals surface area contributed by atoms with Crippen LogP contribution in [0.5, 0.6) is 0 Å². The lowest BCUT2D eigenvalue weighted by molar-refractivity contribution is 0.264. The Labute approximate surface area is 107 Å². The SMILES string of the molecule is Cc1ccc(C(CO)Cc2cccc(F)c2)cc1. The van der Waals surface area contributed by atoms with E-state index in [0.29, 0.717) is 6.42 Å². The molecule has 0 fully saturated rings. The highest BCUT2D eigenvalue weighted by atomic mass is 19.1. The van der Waals surface area contributed by atoms with Crippen LogP contribution in [0.1, 0.15) is 22.6 Å². The van der Waals surface area contributed by atoms with Crippen LogP contribution in [0.2, 0.25) is 0 Å². The van der Waals surface area contributed by atoms with Gasteiger partial charge in [-0.2, -0.15) is 0 Å². The van der Waals surface area contributed by atoms with Crippen LogP contribution >= 0.6 is 0 Å². The fourth-order valence-electron chi connectivity index (χ4n) is 2.07. The molecule has 1 unspecified atom stereocenters. The van der Waals surface area contributed by atoms with Gasteiger partial charge in [0.2, 0.25) is 0 Å². The number of benzene rings is 2. The Kier molecular flexibility index (Phi) is 4.11. The lowest BCUT2D eigenvalue weighted by Crippen LogP contribution is -2.08. The number of aliphatic hydroxyl groups is 1. The summed E-state index contributed by atoms with van der Waals surface area (Å²) >= 11 is 0. The molecule has 2 aromatic carbocycles. The molecule has 0 bridgehead atoms. The van der Waals surface area contributed by atoms with Crippen molar-refractivity contribution in [2.24, 2.45) is 0 Å². The molecule has 2 heteroatoms. The summed E-state index contributed by atoms with van der Waals surface area (Å²) in [6.07, 6.45) is 0.650. The van der Waals surface area contributed by atoms with Gasteiger partial charge in [0.1, 0.15) is 5.82 Å². The second-order valence-electron chi connectivity index (χ2n) is 4.62. The fourth-order valence-corrected chi connectivity index (χ4v) is 2.07. The molecule has 0 aliphatic carbocycles. The minimum absolute atomic E-state index is 0.0207. The molecule has 0 radical (unpaired) electrons. The average Bonchev–Trinajstić information content (AvgIpc) is 2.37. The summed E-state index contributed by atoms with van der Waals surface area (Å²) < 4.78 is 13.1. The Morgan fingerprint density at radius 2 is 1.83 bits per heavy atom. The van der Waals surface area contributed by atoms with Crippen molar-refractivity contribution < 1.29 is 9.50 Å². The van der Waals surface area contributed by atoms with Crippen molar-refractivity contribution in [1.29, 1.82) is 0 Å². The van der Waals surface area contributed by atoms with Gasteiger partial charge in [0.05, 0.1) is 6.61 Å². The van der Waals surface area contributed by atoms with E-state index >= 15 is 0 Å². The lowest BCUT2D eigenvalue weighted by atomic mass is 9.92. The van der Waals surface area contributed by atoms with Crippen LogP contribution in [0.25, 0.3) is 0 Å². The first-order valence-electron chi connectivity index (χ1n) is 6.11. The normalized spacial score (nSPS) is 12.4.